The number of fused-ring (bicyclic) bond motifs is 4. The van der Waals surface area contributed by atoms with Crippen molar-refractivity contribution in [2.45, 2.75) is 0 Å². The zero-order chi connectivity index (χ0) is 19.1. The van der Waals surface area contributed by atoms with Crippen molar-refractivity contribution in [3.05, 3.63) is 78.6 Å². The average Bonchev–Trinajstić information content (AvgIpc) is 3.33. The van der Waals surface area contributed by atoms with Crippen LogP contribution in [0.1, 0.15) is 15.2 Å². The number of aromatic amines is 1. The van der Waals surface area contributed by atoms with Crippen molar-refractivity contribution in [1.82, 2.24) is 14.5 Å². The number of carbonyl (C=O) groups is 2. The quantitative estimate of drug-likeness (QED) is 0.484. The van der Waals surface area contributed by atoms with Crippen LogP contribution < -0.4 is 0 Å². The van der Waals surface area contributed by atoms with Gasteiger partial charge in [0.2, 0.25) is 0 Å². The van der Waals surface area contributed by atoms with E-state index in [0.717, 1.165) is 32.8 Å². The van der Waals surface area contributed by atoms with Crippen molar-refractivity contribution in [3.8, 4) is 0 Å². The lowest BCUT2D eigenvalue weighted by atomic mass is 10.2. The van der Waals surface area contributed by atoms with Crippen molar-refractivity contribution in [1.29, 1.82) is 0 Å². The molecule has 0 amide bonds. The van der Waals surface area contributed by atoms with Crippen molar-refractivity contribution < 1.29 is 14.3 Å². The molecule has 0 unspecified atom stereocenters. The van der Waals surface area contributed by atoms with Crippen molar-refractivity contribution >= 4 is 44.7 Å². The third-order valence-corrected chi connectivity index (χ3v) is 4.81. The summed E-state index contributed by atoms with van der Waals surface area (Å²) in [6.07, 6.45) is 1.56. The van der Waals surface area contributed by atoms with E-state index < -0.39 is 5.97 Å². The molecule has 0 aliphatic carbocycles. The van der Waals surface area contributed by atoms with Gasteiger partial charge in [-0.3, -0.25) is 9.36 Å². The molecule has 0 radical (unpaired) electrons. The number of hydrogen-bond donors (Lipinski definition) is 1. The smallest absolute Gasteiger partial charge is 0.338 e. The second-order valence-corrected chi connectivity index (χ2v) is 6.47. The molecule has 5 aromatic rings. The first-order valence-electron chi connectivity index (χ1n) is 8.84. The first-order chi connectivity index (χ1) is 13.7. The molecule has 1 N–H and O–H groups in total. The van der Waals surface area contributed by atoms with Gasteiger partial charge in [0.05, 0.1) is 34.0 Å². The first-order valence-corrected chi connectivity index (χ1v) is 8.84. The maximum absolute atomic E-state index is 12.9. The van der Waals surface area contributed by atoms with Gasteiger partial charge in [-0.25, -0.2) is 9.78 Å². The molecule has 3 aromatic carbocycles. The first kappa shape index (κ1) is 16.3. The van der Waals surface area contributed by atoms with E-state index in [0.29, 0.717) is 5.56 Å². The molecule has 5 rings (SSSR count). The summed E-state index contributed by atoms with van der Waals surface area (Å²) in [5.74, 6) is -0.848. The number of aromatic nitrogens is 3. The predicted octanol–water partition coefficient (Wildman–Crippen LogP) is 4.17. The summed E-state index contributed by atoms with van der Waals surface area (Å²) in [6.45, 7) is -0.345. The molecule has 0 fully saturated rings. The molecule has 2 heterocycles. The van der Waals surface area contributed by atoms with Crippen molar-refractivity contribution in [2.75, 3.05) is 6.61 Å². The molecule has 6 heteroatoms. The lowest BCUT2D eigenvalue weighted by Gasteiger charge is -2.07. The van der Waals surface area contributed by atoms with Crippen LogP contribution in [-0.4, -0.2) is 33.0 Å². The third kappa shape index (κ3) is 2.54. The average molecular weight is 369 g/mol. The highest BCUT2D eigenvalue weighted by atomic mass is 16.5. The second kappa shape index (κ2) is 6.35. The molecule has 0 bridgehead atoms. The Kier molecular flexibility index (Phi) is 3.69. The summed E-state index contributed by atoms with van der Waals surface area (Å²) in [6, 6.07) is 20.4. The highest BCUT2D eigenvalue weighted by Crippen LogP contribution is 2.28. The maximum atomic E-state index is 12.9. The minimum atomic E-state index is -0.550. The molecule has 0 aliphatic heterocycles. The zero-order valence-electron chi connectivity index (χ0n) is 14.8. The number of rotatable bonds is 3. The maximum Gasteiger partial charge on any atom is 0.338 e. The number of nitrogens with one attached hydrogen (secondary N) is 1. The van der Waals surface area contributed by atoms with Crippen LogP contribution in [-0.2, 0) is 4.74 Å². The number of H-pyrrole nitrogens is 1. The van der Waals surface area contributed by atoms with Crippen LogP contribution in [0.2, 0.25) is 0 Å². The number of imidazole rings is 1. The van der Waals surface area contributed by atoms with E-state index in [1.807, 2.05) is 48.5 Å². The molecule has 0 atom stereocenters. The Morgan fingerprint density at radius 1 is 0.929 bits per heavy atom. The largest absolute Gasteiger partial charge is 0.452 e. The molecule has 0 saturated carbocycles. The van der Waals surface area contributed by atoms with E-state index in [1.165, 1.54) is 0 Å². The van der Waals surface area contributed by atoms with E-state index in [2.05, 4.69) is 9.97 Å². The summed E-state index contributed by atoms with van der Waals surface area (Å²) < 4.78 is 6.90. The van der Waals surface area contributed by atoms with Gasteiger partial charge >= 0.3 is 5.97 Å². The van der Waals surface area contributed by atoms with Crippen molar-refractivity contribution in [2.24, 2.45) is 0 Å². The lowest BCUT2D eigenvalue weighted by molar-refractivity contribution is 0.0452. The van der Waals surface area contributed by atoms with Gasteiger partial charge in [-0.1, -0.05) is 36.4 Å². The molecular weight excluding hydrogens is 354 g/mol. The Hall–Kier alpha value is -3.93. The summed E-state index contributed by atoms with van der Waals surface area (Å²) in [7, 11) is 0. The van der Waals surface area contributed by atoms with E-state index in [4.69, 9.17) is 4.74 Å². The van der Waals surface area contributed by atoms with Gasteiger partial charge in [-0.05, 0) is 30.3 Å². The molecule has 0 aliphatic rings. The van der Waals surface area contributed by atoms with Crippen molar-refractivity contribution in [3.63, 3.8) is 0 Å². The van der Waals surface area contributed by atoms with Crippen LogP contribution in [0.15, 0.2) is 73.1 Å². The highest BCUT2D eigenvalue weighted by Gasteiger charge is 2.17. The van der Waals surface area contributed by atoms with E-state index in [1.54, 1.807) is 29.1 Å². The second-order valence-electron chi connectivity index (χ2n) is 6.47. The molecular formula is C22H15N3O3. The van der Waals surface area contributed by atoms with Gasteiger partial charge in [-0.15, -0.1) is 0 Å². The monoisotopic (exact) mass is 369 g/mol. The predicted molar refractivity (Wildman–Crippen MR) is 106 cm³/mol. The number of ether oxygens (including phenoxy) is 1. The highest BCUT2D eigenvalue weighted by molar-refractivity contribution is 6.13. The van der Waals surface area contributed by atoms with Gasteiger partial charge in [-0.2, -0.15) is 0 Å². The summed E-state index contributed by atoms with van der Waals surface area (Å²) in [5, 5.41) is 1.98. The fourth-order valence-corrected chi connectivity index (χ4v) is 3.53. The molecule has 6 nitrogen and oxygen atoms in total. The van der Waals surface area contributed by atoms with Crippen LogP contribution in [0.3, 0.4) is 0 Å². The van der Waals surface area contributed by atoms with Crippen LogP contribution in [0.25, 0.3) is 32.8 Å². The molecule has 0 spiro atoms. The topological polar surface area (TPSA) is 77.0 Å². The minimum absolute atomic E-state index is 0.298. The normalized spacial score (nSPS) is 11.3. The number of para-hydroxylation sites is 2. The number of carbonyl (C=O) groups excluding carboxylic acids is 2. The number of esters is 1. The SMILES string of the molecule is O=C(OCC(=O)n1c2ccccc2c2ccccc21)c1ccc2nc[nH]c2c1. The van der Waals surface area contributed by atoms with Gasteiger partial charge < -0.3 is 9.72 Å². The minimum Gasteiger partial charge on any atom is -0.452 e. The Morgan fingerprint density at radius 2 is 1.61 bits per heavy atom. The van der Waals surface area contributed by atoms with Crippen LogP contribution in [0, 0.1) is 0 Å². The van der Waals surface area contributed by atoms with Crippen LogP contribution >= 0.6 is 0 Å². The summed E-state index contributed by atoms with van der Waals surface area (Å²) in [4.78, 5) is 32.4. The fraction of sp³-hybridized carbons (Fsp3) is 0.0455. The third-order valence-electron chi connectivity index (χ3n) is 4.81. The van der Waals surface area contributed by atoms with Gasteiger partial charge in [0.15, 0.2) is 6.61 Å². The van der Waals surface area contributed by atoms with E-state index >= 15 is 0 Å². The van der Waals surface area contributed by atoms with Crippen LogP contribution in [0.4, 0.5) is 0 Å². The van der Waals surface area contributed by atoms with Gasteiger partial charge in [0.1, 0.15) is 0 Å². The number of nitrogens with zero attached hydrogens (tertiary/aromatic N) is 2. The number of hydrogen-bond acceptors (Lipinski definition) is 4. The fourth-order valence-electron chi connectivity index (χ4n) is 3.53. The Morgan fingerprint density at radius 3 is 2.32 bits per heavy atom. The lowest BCUT2D eigenvalue weighted by Crippen LogP contribution is -2.20. The van der Waals surface area contributed by atoms with Gasteiger partial charge in [0, 0.05) is 10.8 Å². The zero-order valence-corrected chi connectivity index (χ0v) is 14.8. The van der Waals surface area contributed by atoms with Crippen LogP contribution in [0.5, 0.6) is 0 Å². The van der Waals surface area contributed by atoms with E-state index in [-0.39, 0.29) is 12.5 Å². The summed E-state index contributed by atoms with van der Waals surface area (Å²) in [5.41, 5.74) is 3.46. The molecule has 2 aromatic heterocycles. The molecule has 0 saturated heterocycles. The Balaban J connectivity index is 1.44. The van der Waals surface area contributed by atoms with Gasteiger partial charge in [0.25, 0.3) is 5.91 Å². The number of benzene rings is 3. The summed E-state index contributed by atoms with van der Waals surface area (Å²) >= 11 is 0. The molecule has 136 valence electrons. The molecule has 28 heavy (non-hydrogen) atoms. The Labute approximate surface area is 159 Å². The standard InChI is InChI=1S/C22H15N3O3/c26-21(12-28-22(27)14-9-10-17-18(11-14)24-13-23-17)25-19-7-3-1-5-15(19)16-6-2-4-8-20(16)25/h1-11,13H,12H2,(H,23,24). The Bertz CT molecular complexity index is 1310. The van der Waals surface area contributed by atoms with E-state index in [9.17, 15) is 9.59 Å².